The number of halogens is 1. The topological polar surface area (TPSA) is 51.7 Å². The molecule has 1 amide bonds. The highest BCUT2D eigenvalue weighted by Gasteiger charge is 2.23. The second-order valence-electron chi connectivity index (χ2n) is 6.42. The molecule has 0 bridgehead atoms. The predicted octanol–water partition coefficient (Wildman–Crippen LogP) is 4.70. The largest absolute Gasteiger partial charge is 0.431 e. The van der Waals surface area contributed by atoms with Gasteiger partial charge in [-0.25, -0.2) is 4.98 Å². The molecular weight excluding hydrogens is 384 g/mol. The zero-order valence-electron chi connectivity index (χ0n) is 14.9. The number of amides is 1. The van der Waals surface area contributed by atoms with Gasteiger partial charge in [-0.05, 0) is 42.8 Å². The second-order valence-corrected chi connectivity index (χ2v) is 7.85. The van der Waals surface area contributed by atoms with Crippen molar-refractivity contribution in [3.63, 3.8) is 0 Å². The van der Waals surface area contributed by atoms with E-state index in [2.05, 4.69) is 4.98 Å². The molecule has 1 aliphatic heterocycles. The Kier molecular flexibility index (Phi) is 5.29. The van der Waals surface area contributed by atoms with E-state index < -0.39 is 0 Å². The summed E-state index contributed by atoms with van der Waals surface area (Å²) in [5, 5.41) is 1.25. The lowest BCUT2D eigenvalue weighted by molar-refractivity contribution is -0.136. The first kappa shape index (κ1) is 18.2. The molecule has 3 aromatic rings. The molecule has 7 heteroatoms. The van der Waals surface area contributed by atoms with Crippen LogP contribution in [0.15, 0.2) is 42.5 Å². The third kappa shape index (κ3) is 4.08. The first-order chi connectivity index (χ1) is 13.1. The molecule has 5 nitrogen and oxygen atoms in total. The minimum atomic E-state index is -0.193. The highest BCUT2D eigenvalue weighted by atomic mass is 35.5. The Morgan fingerprint density at radius 2 is 1.96 bits per heavy atom. The molecule has 4 rings (SSSR count). The third-order valence-electron chi connectivity index (χ3n) is 4.61. The van der Waals surface area contributed by atoms with Crippen LogP contribution in [0.5, 0.6) is 10.9 Å². The van der Waals surface area contributed by atoms with Crippen LogP contribution in [-0.2, 0) is 9.53 Å². The van der Waals surface area contributed by atoms with Crippen LogP contribution in [0.4, 0.5) is 0 Å². The summed E-state index contributed by atoms with van der Waals surface area (Å²) in [5.41, 5.74) is 1.83. The van der Waals surface area contributed by atoms with Crippen molar-refractivity contribution in [3.8, 4) is 10.9 Å². The molecule has 1 aromatic heterocycles. The van der Waals surface area contributed by atoms with Gasteiger partial charge in [0.2, 0.25) is 5.91 Å². The van der Waals surface area contributed by atoms with Crippen molar-refractivity contribution >= 4 is 39.1 Å². The molecule has 27 heavy (non-hydrogen) atoms. The molecular formula is C20H19ClN2O3S. The van der Waals surface area contributed by atoms with Crippen molar-refractivity contribution in [2.24, 2.45) is 0 Å². The van der Waals surface area contributed by atoms with Gasteiger partial charge in [0.1, 0.15) is 5.75 Å². The van der Waals surface area contributed by atoms with Gasteiger partial charge < -0.3 is 14.4 Å². The monoisotopic (exact) mass is 402 g/mol. The van der Waals surface area contributed by atoms with Gasteiger partial charge in [0.25, 0.3) is 5.19 Å². The van der Waals surface area contributed by atoms with Crippen LogP contribution in [0.1, 0.15) is 18.4 Å². The summed E-state index contributed by atoms with van der Waals surface area (Å²) < 4.78 is 12.2. The molecule has 0 saturated carbocycles. The molecule has 1 atom stereocenters. The Hall–Kier alpha value is -2.15. The lowest BCUT2D eigenvalue weighted by Gasteiger charge is -2.29. The van der Waals surface area contributed by atoms with E-state index in [0.717, 1.165) is 15.8 Å². The molecule has 0 N–H and O–H groups in total. The maximum atomic E-state index is 12.6. The molecule has 1 fully saturated rings. The van der Waals surface area contributed by atoms with E-state index in [0.29, 0.717) is 42.3 Å². The highest BCUT2D eigenvalue weighted by molar-refractivity contribution is 7.20. The zero-order valence-corrected chi connectivity index (χ0v) is 16.4. The van der Waals surface area contributed by atoms with Crippen molar-refractivity contribution in [3.05, 3.63) is 53.1 Å². The molecule has 1 aliphatic rings. The minimum absolute atomic E-state index is 0.134. The van der Waals surface area contributed by atoms with Crippen LogP contribution in [0.25, 0.3) is 10.2 Å². The Balaban J connectivity index is 1.45. The maximum Gasteiger partial charge on any atom is 0.279 e. The quantitative estimate of drug-likeness (QED) is 0.634. The van der Waals surface area contributed by atoms with Crippen LogP contribution in [0.2, 0.25) is 5.02 Å². The van der Waals surface area contributed by atoms with Gasteiger partial charge in [-0.15, -0.1) is 0 Å². The number of morpholine rings is 1. The summed E-state index contributed by atoms with van der Waals surface area (Å²) >= 11 is 7.47. The van der Waals surface area contributed by atoms with E-state index in [1.165, 1.54) is 11.3 Å². The van der Waals surface area contributed by atoms with Gasteiger partial charge in [-0.1, -0.05) is 35.1 Å². The van der Waals surface area contributed by atoms with Gasteiger partial charge in [-0.2, -0.15) is 0 Å². The van der Waals surface area contributed by atoms with Crippen molar-refractivity contribution < 1.29 is 14.3 Å². The van der Waals surface area contributed by atoms with Crippen LogP contribution in [-0.4, -0.2) is 42.1 Å². The number of hydrogen-bond donors (Lipinski definition) is 0. The molecule has 2 heterocycles. The van der Waals surface area contributed by atoms with Crippen LogP contribution in [0, 0.1) is 0 Å². The number of thiazole rings is 1. The number of nitrogens with zero attached hydrogens (tertiary/aromatic N) is 2. The molecule has 0 spiro atoms. The lowest BCUT2D eigenvalue weighted by atomic mass is 9.99. The smallest absolute Gasteiger partial charge is 0.279 e. The van der Waals surface area contributed by atoms with E-state index in [1.807, 2.05) is 54.3 Å². The number of ether oxygens (including phenoxy) is 2. The summed E-state index contributed by atoms with van der Waals surface area (Å²) in [4.78, 5) is 18.9. The first-order valence-corrected chi connectivity index (χ1v) is 10.00. The number of hydrogen-bond acceptors (Lipinski definition) is 5. The number of benzene rings is 2. The summed E-state index contributed by atoms with van der Waals surface area (Å²) in [6.45, 7) is 4.47. The van der Waals surface area contributed by atoms with E-state index in [1.54, 1.807) is 0 Å². The van der Waals surface area contributed by atoms with Gasteiger partial charge in [0, 0.05) is 18.1 Å². The number of aromatic nitrogens is 1. The van der Waals surface area contributed by atoms with Crippen molar-refractivity contribution in [2.45, 2.75) is 12.8 Å². The first-order valence-electron chi connectivity index (χ1n) is 8.80. The van der Waals surface area contributed by atoms with Gasteiger partial charge >= 0.3 is 0 Å². The number of fused-ring (bicyclic) bond motifs is 1. The number of carbonyl (C=O) groups excluding carboxylic acids is 1. The highest BCUT2D eigenvalue weighted by Crippen LogP contribution is 2.33. The molecule has 0 radical (unpaired) electrons. The maximum absolute atomic E-state index is 12.6. The molecule has 2 aromatic carbocycles. The number of rotatable bonds is 4. The van der Waals surface area contributed by atoms with E-state index in [9.17, 15) is 4.79 Å². The molecule has 1 unspecified atom stereocenters. The number of carbonyl (C=O) groups is 1. The fourth-order valence-corrected chi connectivity index (χ4v) is 4.16. The van der Waals surface area contributed by atoms with E-state index >= 15 is 0 Å². The third-order valence-corrected chi connectivity index (χ3v) is 5.74. The molecule has 0 aliphatic carbocycles. The fourth-order valence-electron chi connectivity index (χ4n) is 3.05. The van der Waals surface area contributed by atoms with Gasteiger partial charge in [-0.3, -0.25) is 4.79 Å². The average molecular weight is 403 g/mol. The average Bonchev–Trinajstić information content (AvgIpc) is 3.09. The van der Waals surface area contributed by atoms with E-state index in [4.69, 9.17) is 21.1 Å². The molecule has 140 valence electrons. The lowest BCUT2D eigenvalue weighted by Crippen LogP contribution is -2.42. The summed E-state index contributed by atoms with van der Waals surface area (Å²) in [6, 6.07) is 13.2. The van der Waals surface area contributed by atoms with E-state index in [-0.39, 0.29) is 11.8 Å². The normalized spacial score (nSPS) is 15.7. The Bertz CT molecular complexity index is 952. The second kappa shape index (κ2) is 7.84. The SMILES string of the molecule is CC(C(=O)N1CCOCC1)c1ccc(Oc2nc3ccc(Cl)cc3s2)cc1. The Morgan fingerprint density at radius 1 is 1.22 bits per heavy atom. The minimum Gasteiger partial charge on any atom is -0.431 e. The fraction of sp³-hybridized carbons (Fsp3) is 0.300. The standard InChI is InChI=1S/C20H19ClN2O3S/c1-13(19(24)23-8-10-25-11-9-23)14-2-5-16(6-3-14)26-20-22-17-7-4-15(21)12-18(17)27-20/h2-7,12-13H,8-11H2,1H3. The summed E-state index contributed by atoms with van der Waals surface area (Å²) in [6.07, 6.45) is 0. The van der Waals surface area contributed by atoms with Crippen molar-refractivity contribution in [1.29, 1.82) is 0 Å². The van der Waals surface area contributed by atoms with Crippen molar-refractivity contribution in [1.82, 2.24) is 9.88 Å². The Labute approximate surface area is 166 Å². The van der Waals surface area contributed by atoms with Gasteiger partial charge in [0.15, 0.2) is 0 Å². The van der Waals surface area contributed by atoms with Crippen molar-refractivity contribution in [2.75, 3.05) is 26.3 Å². The van der Waals surface area contributed by atoms with Crippen LogP contribution in [0.3, 0.4) is 0 Å². The van der Waals surface area contributed by atoms with Gasteiger partial charge in [0.05, 0.1) is 29.3 Å². The summed E-state index contributed by atoms with van der Waals surface area (Å²) in [5.74, 6) is 0.631. The zero-order chi connectivity index (χ0) is 18.8. The van der Waals surface area contributed by atoms with Crippen LogP contribution >= 0.6 is 22.9 Å². The molecule has 1 saturated heterocycles. The Morgan fingerprint density at radius 3 is 2.70 bits per heavy atom. The predicted molar refractivity (Wildman–Crippen MR) is 107 cm³/mol. The van der Waals surface area contributed by atoms with Crippen LogP contribution < -0.4 is 4.74 Å². The summed E-state index contributed by atoms with van der Waals surface area (Å²) in [7, 11) is 0.